The topological polar surface area (TPSA) is 50.1 Å². The van der Waals surface area contributed by atoms with Crippen LogP contribution in [0.4, 0.5) is 0 Å². The smallest absolute Gasteiger partial charge is 0.204 e. The molecule has 0 aliphatic carbocycles. The summed E-state index contributed by atoms with van der Waals surface area (Å²) in [5.74, 6) is 0.340. The van der Waals surface area contributed by atoms with Crippen LogP contribution in [0.5, 0.6) is 0 Å². The number of rotatable bonds is 0. The third-order valence-corrected chi connectivity index (χ3v) is 5.15. The summed E-state index contributed by atoms with van der Waals surface area (Å²) in [7, 11) is 0. The molecule has 6 rings (SSSR count). The molecule has 0 aliphatic rings. The maximum absolute atomic E-state index is 9.08. The monoisotopic (exact) mass is 333 g/mol. The largest absolute Gasteiger partial charge is 0.464 e. The zero-order chi connectivity index (χ0) is 17.3. The first-order chi connectivity index (χ1) is 12.8. The van der Waals surface area contributed by atoms with Crippen molar-refractivity contribution in [1.82, 2.24) is 0 Å². The van der Waals surface area contributed by atoms with E-state index in [0.717, 1.165) is 38.1 Å². The summed E-state index contributed by atoms with van der Waals surface area (Å²) in [5, 5.41) is 18.2. The number of benzene rings is 4. The molecule has 3 heteroatoms. The SMILES string of the molecule is N#Cc1cc2cc3c(ccc4c5cc6ccoc6cc5ccc34)cc2o1. The predicted molar refractivity (Wildman–Crippen MR) is 103 cm³/mol. The fourth-order valence-electron chi connectivity index (χ4n) is 3.92. The molecular weight excluding hydrogens is 322 g/mol. The summed E-state index contributed by atoms with van der Waals surface area (Å²) < 4.78 is 11.1. The summed E-state index contributed by atoms with van der Waals surface area (Å²) in [6.45, 7) is 0. The lowest BCUT2D eigenvalue weighted by Crippen LogP contribution is -1.81. The average molecular weight is 333 g/mol. The molecule has 0 saturated heterocycles. The van der Waals surface area contributed by atoms with Crippen LogP contribution in [0.3, 0.4) is 0 Å². The first-order valence-corrected chi connectivity index (χ1v) is 8.40. The van der Waals surface area contributed by atoms with Crippen molar-refractivity contribution in [2.75, 3.05) is 0 Å². The van der Waals surface area contributed by atoms with E-state index in [2.05, 4.69) is 48.5 Å². The van der Waals surface area contributed by atoms with Crippen LogP contribution in [0, 0.1) is 11.3 Å². The molecule has 6 aromatic rings. The fraction of sp³-hybridized carbons (Fsp3) is 0. The summed E-state index contributed by atoms with van der Waals surface area (Å²) in [6.07, 6.45) is 1.73. The van der Waals surface area contributed by atoms with Crippen molar-refractivity contribution >= 4 is 54.3 Å². The second-order valence-corrected chi connectivity index (χ2v) is 6.59. The molecule has 0 fully saturated rings. The molecular formula is C23H11NO2. The molecule has 120 valence electrons. The highest BCUT2D eigenvalue weighted by atomic mass is 16.3. The Morgan fingerprint density at radius 2 is 1.31 bits per heavy atom. The van der Waals surface area contributed by atoms with Crippen molar-refractivity contribution in [1.29, 1.82) is 5.26 Å². The molecule has 26 heavy (non-hydrogen) atoms. The minimum absolute atomic E-state index is 0.340. The molecule has 0 atom stereocenters. The van der Waals surface area contributed by atoms with E-state index >= 15 is 0 Å². The Morgan fingerprint density at radius 3 is 2.04 bits per heavy atom. The van der Waals surface area contributed by atoms with Gasteiger partial charge < -0.3 is 8.83 Å². The lowest BCUT2D eigenvalue weighted by molar-refractivity contribution is 0.600. The first-order valence-electron chi connectivity index (χ1n) is 8.40. The molecule has 0 saturated carbocycles. The van der Waals surface area contributed by atoms with Crippen LogP contribution < -0.4 is 0 Å². The number of hydrogen-bond acceptors (Lipinski definition) is 3. The van der Waals surface area contributed by atoms with Gasteiger partial charge >= 0.3 is 0 Å². The van der Waals surface area contributed by atoms with E-state index in [4.69, 9.17) is 14.1 Å². The van der Waals surface area contributed by atoms with Crippen LogP contribution in [0.1, 0.15) is 5.76 Å². The Hall–Kier alpha value is -3.77. The van der Waals surface area contributed by atoms with Crippen LogP contribution in [0.2, 0.25) is 0 Å². The highest BCUT2D eigenvalue weighted by molar-refractivity contribution is 6.20. The van der Waals surface area contributed by atoms with E-state index in [1.807, 2.05) is 12.1 Å². The zero-order valence-electron chi connectivity index (χ0n) is 13.6. The van der Waals surface area contributed by atoms with Gasteiger partial charge in [-0.25, -0.2) is 0 Å². The van der Waals surface area contributed by atoms with Crippen molar-refractivity contribution in [2.45, 2.75) is 0 Å². The second-order valence-electron chi connectivity index (χ2n) is 6.59. The predicted octanol–water partition coefficient (Wildman–Crippen LogP) is 6.51. The lowest BCUT2D eigenvalue weighted by atomic mass is 9.96. The van der Waals surface area contributed by atoms with Crippen molar-refractivity contribution in [3.63, 3.8) is 0 Å². The van der Waals surface area contributed by atoms with Gasteiger partial charge in [-0.15, -0.1) is 0 Å². The van der Waals surface area contributed by atoms with E-state index in [1.165, 1.54) is 16.2 Å². The van der Waals surface area contributed by atoms with Crippen molar-refractivity contribution in [2.24, 2.45) is 0 Å². The van der Waals surface area contributed by atoms with Gasteiger partial charge in [-0.3, -0.25) is 0 Å². The summed E-state index contributed by atoms with van der Waals surface area (Å²) in [5.41, 5.74) is 1.65. The third-order valence-electron chi connectivity index (χ3n) is 5.15. The Balaban J connectivity index is 1.78. The number of nitriles is 1. The summed E-state index contributed by atoms with van der Waals surface area (Å²) in [4.78, 5) is 0. The first kappa shape index (κ1) is 13.5. The maximum Gasteiger partial charge on any atom is 0.204 e. The normalized spacial score (nSPS) is 11.8. The number of furan rings is 2. The highest BCUT2D eigenvalue weighted by Crippen LogP contribution is 2.35. The van der Waals surface area contributed by atoms with Crippen molar-refractivity contribution < 1.29 is 8.83 Å². The number of fused-ring (bicyclic) bond motifs is 7. The summed E-state index contributed by atoms with van der Waals surface area (Å²) >= 11 is 0. The van der Waals surface area contributed by atoms with Crippen LogP contribution in [0.25, 0.3) is 54.3 Å². The quantitative estimate of drug-likeness (QED) is 0.298. The number of hydrogen-bond donors (Lipinski definition) is 0. The molecule has 0 aliphatic heterocycles. The van der Waals surface area contributed by atoms with Crippen LogP contribution in [-0.4, -0.2) is 0 Å². The Morgan fingerprint density at radius 1 is 0.615 bits per heavy atom. The van der Waals surface area contributed by atoms with E-state index in [1.54, 1.807) is 12.3 Å². The minimum Gasteiger partial charge on any atom is -0.464 e. The molecule has 2 heterocycles. The maximum atomic E-state index is 9.08. The van der Waals surface area contributed by atoms with Gasteiger partial charge in [-0.2, -0.15) is 5.26 Å². The van der Waals surface area contributed by atoms with Crippen LogP contribution in [0.15, 0.2) is 75.8 Å². The molecule has 3 nitrogen and oxygen atoms in total. The van der Waals surface area contributed by atoms with Gasteiger partial charge in [0.2, 0.25) is 5.76 Å². The Labute approximate surface area is 147 Å². The lowest BCUT2D eigenvalue weighted by Gasteiger charge is -2.08. The minimum atomic E-state index is 0.340. The Kier molecular flexibility index (Phi) is 2.42. The highest BCUT2D eigenvalue weighted by Gasteiger charge is 2.10. The fourth-order valence-corrected chi connectivity index (χ4v) is 3.92. The van der Waals surface area contributed by atoms with Crippen molar-refractivity contribution in [3.05, 3.63) is 72.7 Å². The molecule has 0 spiro atoms. The van der Waals surface area contributed by atoms with Gasteiger partial charge in [0, 0.05) is 16.8 Å². The van der Waals surface area contributed by atoms with Gasteiger partial charge in [-0.1, -0.05) is 24.3 Å². The molecule has 0 unspecified atom stereocenters. The van der Waals surface area contributed by atoms with Crippen LogP contribution >= 0.6 is 0 Å². The standard InChI is InChI=1S/C23H11NO2/c24-12-17-7-16-9-21-14(11-23(16)26-17)2-4-18-19(21)3-1-13-10-22-15(5-6-25-22)8-20(13)18/h1-11H. The van der Waals surface area contributed by atoms with E-state index < -0.39 is 0 Å². The van der Waals surface area contributed by atoms with Crippen molar-refractivity contribution in [3.8, 4) is 6.07 Å². The van der Waals surface area contributed by atoms with Gasteiger partial charge in [0.25, 0.3) is 0 Å². The van der Waals surface area contributed by atoms with Gasteiger partial charge in [0.05, 0.1) is 6.26 Å². The second kappa shape index (κ2) is 4.65. The number of nitrogens with zero attached hydrogens (tertiary/aromatic N) is 1. The van der Waals surface area contributed by atoms with Crippen LogP contribution in [-0.2, 0) is 0 Å². The third kappa shape index (κ3) is 1.71. The summed E-state index contributed by atoms with van der Waals surface area (Å²) in [6, 6.07) is 22.8. The Bertz CT molecular complexity index is 1540. The molecule has 0 N–H and O–H groups in total. The van der Waals surface area contributed by atoms with E-state index in [-0.39, 0.29) is 0 Å². The molecule has 2 aromatic heterocycles. The van der Waals surface area contributed by atoms with E-state index in [0.29, 0.717) is 5.76 Å². The molecule has 0 amide bonds. The van der Waals surface area contributed by atoms with Gasteiger partial charge in [-0.05, 0) is 62.6 Å². The zero-order valence-corrected chi connectivity index (χ0v) is 13.6. The van der Waals surface area contributed by atoms with Gasteiger partial charge in [0.1, 0.15) is 17.2 Å². The molecule has 0 bridgehead atoms. The average Bonchev–Trinajstić information content (AvgIpc) is 3.29. The molecule has 4 aromatic carbocycles. The van der Waals surface area contributed by atoms with E-state index in [9.17, 15) is 0 Å². The molecule has 0 radical (unpaired) electrons. The van der Waals surface area contributed by atoms with Gasteiger partial charge in [0.15, 0.2) is 0 Å².